The maximum Gasteiger partial charge on any atom is 0.302 e. The standard InChI is InChI=1S/C20H20N2O5/c1-13-17(11-15-5-7-16(26-3)8-6-15)19(24)22(20(25)18(13)12-21)9-4-10-27-14(2)23/h5-8,11H,4,9-10H2,1-3H3/b17-11+. The summed E-state index contributed by atoms with van der Waals surface area (Å²) in [5.41, 5.74) is 1.30. The van der Waals surface area contributed by atoms with Crippen LogP contribution in [0.5, 0.6) is 5.75 Å². The number of carbonyl (C=O) groups is 3. The largest absolute Gasteiger partial charge is 0.497 e. The summed E-state index contributed by atoms with van der Waals surface area (Å²) in [6.07, 6.45) is 1.94. The number of hydrogen-bond donors (Lipinski definition) is 0. The van der Waals surface area contributed by atoms with Crippen LogP contribution in [0.3, 0.4) is 0 Å². The number of esters is 1. The van der Waals surface area contributed by atoms with Crippen LogP contribution in [0.4, 0.5) is 0 Å². The zero-order valence-electron chi connectivity index (χ0n) is 15.4. The highest BCUT2D eigenvalue weighted by Gasteiger charge is 2.35. The Balaban J connectivity index is 2.31. The van der Waals surface area contributed by atoms with Gasteiger partial charge in [0.05, 0.1) is 13.7 Å². The summed E-state index contributed by atoms with van der Waals surface area (Å²) in [4.78, 5) is 37.1. The van der Waals surface area contributed by atoms with Crippen LogP contribution in [-0.4, -0.2) is 42.9 Å². The minimum absolute atomic E-state index is 0.0589. The van der Waals surface area contributed by atoms with Crippen LogP contribution in [0.25, 0.3) is 6.08 Å². The van der Waals surface area contributed by atoms with Gasteiger partial charge in [-0.25, -0.2) is 0 Å². The Morgan fingerprint density at radius 3 is 2.44 bits per heavy atom. The van der Waals surface area contributed by atoms with E-state index in [0.29, 0.717) is 17.7 Å². The first kappa shape index (κ1) is 19.9. The van der Waals surface area contributed by atoms with Crippen LogP contribution in [0.15, 0.2) is 41.0 Å². The van der Waals surface area contributed by atoms with Crippen LogP contribution in [0.2, 0.25) is 0 Å². The van der Waals surface area contributed by atoms with Gasteiger partial charge in [-0.2, -0.15) is 5.26 Å². The van der Waals surface area contributed by atoms with Gasteiger partial charge in [-0.3, -0.25) is 19.3 Å². The maximum absolute atomic E-state index is 12.8. The van der Waals surface area contributed by atoms with Crippen LogP contribution in [0.1, 0.15) is 25.8 Å². The van der Waals surface area contributed by atoms with Gasteiger partial charge in [-0.15, -0.1) is 0 Å². The Bertz CT molecular complexity index is 859. The van der Waals surface area contributed by atoms with E-state index in [1.54, 1.807) is 44.4 Å². The molecular weight excluding hydrogens is 348 g/mol. The van der Waals surface area contributed by atoms with E-state index in [0.717, 1.165) is 10.5 Å². The monoisotopic (exact) mass is 368 g/mol. The molecule has 27 heavy (non-hydrogen) atoms. The van der Waals surface area contributed by atoms with Crippen LogP contribution < -0.4 is 4.74 Å². The third-order valence-electron chi connectivity index (χ3n) is 4.08. The van der Waals surface area contributed by atoms with Crippen LogP contribution in [0, 0.1) is 11.3 Å². The quantitative estimate of drug-likeness (QED) is 0.331. The Labute approximate surface area is 157 Å². The zero-order valence-corrected chi connectivity index (χ0v) is 15.4. The summed E-state index contributed by atoms with van der Waals surface area (Å²) in [5, 5.41) is 9.35. The van der Waals surface area contributed by atoms with Crippen molar-refractivity contribution in [1.29, 1.82) is 5.26 Å². The first-order chi connectivity index (χ1) is 12.9. The highest BCUT2D eigenvalue weighted by atomic mass is 16.5. The van der Waals surface area contributed by atoms with Gasteiger partial charge in [0.2, 0.25) is 0 Å². The van der Waals surface area contributed by atoms with E-state index in [9.17, 15) is 19.6 Å². The van der Waals surface area contributed by atoms with E-state index >= 15 is 0 Å². The van der Waals surface area contributed by atoms with Crippen molar-refractivity contribution in [2.24, 2.45) is 0 Å². The molecule has 1 heterocycles. The number of hydrogen-bond acceptors (Lipinski definition) is 6. The first-order valence-electron chi connectivity index (χ1n) is 8.35. The smallest absolute Gasteiger partial charge is 0.302 e. The second kappa shape index (κ2) is 8.81. The summed E-state index contributed by atoms with van der Waals surface area (Å²) < 4.78 is 9.94. The molecule has 0 spiro atoms. The van der Waals surface area contributed by atoms with Gasteiger partial charge in [0.15, 0.2) is 0 Å². The highest BCUT2D eigenvalue weighted by molar-refractivity contribution is 6.19. The third-order valence-corrected chi connectivity index (χ3v) is 4.08. The highest BCUT2D eigenvalue weighted by Crippen LogP contribution is 2.27. The first-order valence-corrected chi connectivity index (χ1v) is 8.35. The fraction of sp³-hybridized carbons (Fsp3) is 0.300. The van der Waals surface area contributed by atoms with E-state index in [1.807, 2.05) is 6.07 Å². The lowest BCUT2D eigenvalue weighted by atomic mass is 9.93. The SMILES string of the molecule is COc1ccc(/C=C2/C(=O)N(CCCOC(C)=O)C(=O)C(C#N)=C2C)cc1. The molecule has 0 N–H and O–H groups in total. The summed E-state index contributed by atoms with van der Waals surface area (Å²) in [5.74, 6) is -0.857. The van der Waals surface area contributed by atoms with Gasteiger partial charge in [0, 0.05) is 19.0 Å². The molecule has 0 aromatic heterocycles. The molecule has 2 rings (SSSR count). The normalized spacial score (nSPS) is 15.8. The maximum atomic E-state index is 12.8. The van der Waals surface area contributed by atoms with E-state index in [4.69, 9.17) is 9.47 Å². The lowest BCUT2D eigenvalue weighted by Gasteiger charge is -2.27. The van der Waals surface area contributed by atoms with Crippen molar-refractivity contribution in [2.75, 3.05) is 20.3 Å². The molecule has 0 radical (unpaired) electrons. The number of carbonyl (C=O) groups excluding carboxylic acids is 3. The zero-order chi connectivity index (χ0) is 20.0. The van der Waals surface area contributed by atoms with Crippen LogP contribution >= 0.6 is 0 Å². The van der Waals surface area contributed by atoms with Crippen molar-refractivity contribution in [2.45, 2.75) is 20.3 Å². The van der Waals surface area contributed by atoms with E-state index in [-0.39, 0.29) is 24.3 Å². The fourth-order valence-electron chi connectivity index (χ4n) is 2.64. The molecule has 0 saturated heterocycles. The van der Waals surface area contributed by atoms with Gasteiger partial charge in [-0.1, -0.05) is 12.1 Å². The van der Waals surface area contributed by atoms with Gasteiger partial charge < -0.3 is 9.47 Å². The van der Waals surface area contributed by atoms with Crippen molar-refractivity contribution in [3.63, 3.8) is 0 Å². The minimum atomic E-state index is -0.630. The molecule has 0 bridgehead atoms. The number of nitriles is 1. The van der Waals surface area contributed by atoms with E-state index in [2.05, 4.69) is 0 Å². The van der Waals surface area contributed by atoms with Crippen molar-refractivity contribution in [1.82, 2.24) is 4.90 Å². The second-order valence-corrected chi connectivity index (χ2v) is 5.90. The molecule has 0 atom stereocenters. The average Bonchev–Trinajstić information content (AvgIpc) is 2.65. The Hall–Kier alpha value is -3.40. The number of imide groups is 1. The molecule has 0 fully saturated rings. The molecule has 0 unspecified atom stereocenters. The van der Waals surface area contributed by atoms with Crippen molar-refractivity contribution >= 4 is 23.9 Å². The average molecular weight is 368 g/mol. The Kier molecular flexibility index (Phi) is 6.50. The lowest BCUT2D eigenvalue weighted by Crippen LogP contribution is -2.43. The molecule has 1 aromatic rings. The minimum Gasteiger partial charge on any atom is -0.497 e. The van der Waals surface area contributed by atoms with Gasteiger partial charge in [0.25, 0.3) is 11.8 Å². The van der Waals surface area contributed by atoms with Gasteiger partial charge in [-0.05, 0) is 42.7 Å². The summed E-state index contributed by atoms with van der Waals surface area (Å²) in [7, 11) is 1.56. The number of benzene rings is 1. The second-order valence-electron chi connectivity index (χ2n) is 5.90. The number of rotatable bonds is 6. The molecule has 0 saturated carbocycles. The predicted molar refractivity (Wildman–Crippen MR) is 97.3 cm³/mol. The molecule has 7 heteroatoms. The molecule has 7 nitrogen and oxygen atoms in total. The number of amides is 2. The van der Waals surface area contributed by atoms with Gasteiger partial charge in [0.1, 0.15) is 17.4 Å². The summed E-state index contributed by atoms with van der Waals surface area (Å²) in [6.45, 7) is 3.02. The van der Waals surface area contributed by atoms with Gasteiger partial charge >= 0.3 is 5.97 Å². The third kappa shape index (κ3) is 4.61. The molecule has 1 aliphatic rings. The topological polar surface area (TPSA) is 96.7 Å². The fourth-order valence-corrected chi connectivity index (χ4v) is 2.64. The summed E-state index contributed by atoms with van der Waals surface area (Å²) in [6, 6.07) is 8.95. The summed E-state index contributed by atoms with van der Waals surface area (Å²) >= 11 is 0. The van der Waals surface area contributed by atoms with Crippen molar-refractivity contribution in [3.8, 4) is 11.8 Å². The number of nitrogens with zero attached hydrogens (tertiary/aromatic N) is 2. The molecule has 140 valence electrons. The molecular formula is C20H20N2O5. The number of methoxy groups -OCH3 is 1. The Morgan fingerprint density at radius 2 is 1.89 bits per heavy atom. The molecule has 0 aliphatic carbocycles. The molecule has 1 aromatic carbocycles. The van der Waals surface area contributed by atoms with Crippen molar-refractivity contribution < 1.29 is 23.9 Å². The molecule has 2 amide bonds. The predicted octanol–water partition coefficient (Wildman–Crippen LogP) is 2.24. The van der Waals surface area contributed by atoms with E-state index < -0.39 is 17.8 Å². The molecule has 1 aliphatic heterocycles. The van der Waals surface area contributed by atoms with Crippen molar-refractivity contribution in [3.05, 3.63) is 46.5 Å². The lowest BCUT2D eigenvalue weighted by molar-refractivity contribution is -0.141. The van der Waals surface area contributed by atoms with Crippen LogP contribution in [-0.2, 0) is 19.1 Å². The number of ether oxygens (including phenoxy) is 2. The Morgan fingerprint density at radius 1 is 1.22 bits per heavy atom. The van der Waals surface area contributed by atoms with E-state index in [1.165, 1.54) is 6.92 Å².